The number of carbonyl (C=O) groups excluding carboxylic acids is 1. The van der Waals surface area contributed by atoms with Crippen molar-refractivity contribution in [3.05, 3.63) is 11.9 Å². The monoisotopic (exact) mass is 279 g/mol. The van der Waals surface area contributed by atoms with Gasteiger partial charge in [0.15, 0.2) is 5.69 Å². The fourth-order valence-corrected chi connectivity index (χ4v) is 2.43. The second-order valence-electron chi connectivity index (χ2n) is 5.59. The molecule has 1 amide bonds. The molecule has 2 aliphatic rings. The summed E-state index contributed by atoms with van der Waals surface area (Å²) in [6.45, 7) is 3.63. The predicted octanol–water partition coefficient (Wildman–Crippen LogP) is 0.0635. The number of hydrogen-bond acceptors (Lipinski definition) is 5. The molecular formula is C13H21N5O2. The summed E-state index contributed by atoms with van der Waals surface area (Å²) < 4.78 is 6.82. The Morgan fingerprint density at radius 3 is 3.00 bits per heavy atom. The molecule has 7 heteroatoms. The summed E-state index contributed by atoms with van der Waals surface area (Å²) in [6, 6.07) is 0.695. The maximum Gasteiger partial charge on any atom is 0.273 e. The van der Waals surface area contributed by atoms with E-state index in [9.17, 15) is 4.79 Å². The standard InChI is InChI=1S/C13H21N5O2/c1-20-6-2-5-17-7-10(8-17)14-13(19)12-9-18(16-15-12)11-3-4-11/h9-11H,2-8H2,1H3,(H,14,19). The zero-order chi connectivity index (χ0) is 13.9. The van der Waals surface area contributed by atoms with Crippen molar-refractivity contribution in [1.82, 2.24) is 25.2 Å². The third-order valence-electron chi connectivity index (χ3n) is 3.78. The van der Waals surface area contributed by atoms with Gasteiger partial charge in [-0.25, -0.2) is 4.68 Å². The third-order valence-corrected chi connectivity index (χ3v) is 3.78. The van der Waals surface area contributed by atoms with Crippen LogP contribution in [-0.2, 0) is 4.74 Å². The number of nitrogens with one attached hydrogen (secondary N) is 1. The van der Waals surface area contributed by atoms with Gasteiger partial charge in [-0.05, 0) is 19.3 Å². The van der Waals surface area contributed by atoms with Gasteiger partial charge in [-0.15, -0.1) is 5.10 Å². The van der Waals surface area contributed by atoms with Gasteiger partial charge in [0.25, 0.3) is 5.91 Å². The largest absolute Gasteiger partial charge is 0.385 e. The van der Waals surface area contributed by atoms with Gasteiger partial charge in [-0.1, -0.05) is 5.21 Å². The molecule has 1 saturated carbocycles. The van der Waals surface area contributed by atoms with E-state index in [1.54, 1.807) is 18.0 Å². The van der Waals surface area contributed by atoms with Gasteiger partial charge in [-0.2, -0.15) is 0 Å². The highest BCUT2D eigenvalue weighted by atomic mass is 16.5. The lowest BCUT2D eigenvalue weighted by atomic mass is 10.1. The Morgan fingerprint density at radius 2 is 2.30 bits per heavy atom. The lowest BCUT2D eigenvalue weighted by molar-refractivity contribution is 0.0776. The number of nitrogens with zero attached hydrogens (tertiary/aromatic N) is 4. The van der Waals surface area contributed by atoms with Gasteiger partial charge < -0.3 is 10.1 Å². The Hall–Kier alpha value is -1.47. The van der Waals surface area contributed by atoms with Crippen LogP contribution in [0.4, 0.5) is 0 Å². The molecule has 1 aliphatic carbocycles. The number of aromatic nitrogens is 3. The molecule has 1 aliphatic heterocycles. The van der Waals surface area contributed by atoms with Crippen LogP contribution in [-0.4, -0.2) is 65.2 Å². The topological polar surface area (TPSA) is 72.3 Å². The fraction of sp³-hybridized carbons (Fsp3) is 0.769. The summed E-state index contributed by atoms with van der Waals surface area (Å²) in [7, 11) is 1.72. The van der Waals surface area contributed by atoms with Gasteiger partial charge in [0.05, 0.1) is 18.3 Å². The van der Waals surface area contributed by atoms with Gasteiger partial charge in [-0.3, -0.25) is 9.69 Å². The number of methoxy groups -OCH3 is 1. The van der Waals surface area contributed by atoms with Crippen molar-refractivity contribution in [3.8, 4) is 0 Å². The highest BCUT2D eigenvalue weighted by Crippen LogP contribution is 2.33. The van der Waals surface area contributed by atoms with Crippen LogP contribution in [0.2, 0.25) is 0 Å². The van der Waals surface area contributed by atoms with E-state index in [1.807, 2.05) is 0 Å². The van der Waals surface area contributed by atoms with E-state index in [4.69, 9.17) is 4.74 Å². The highest BCUT2D eigenvalue weighted by Gasteiger charge is 2.29. The lowest BCUT2D eigenvalue weighted by Gasteiger charge is -2.39. The van der Waals surface area contributed by atoms with Gasteiger partial charge in [0.1, 0.15) is 0 Å². The molecule has 2 fully saturated rings. The maximum absolute atomic E-state index is 12.0. The molecule has 1 saturated heterocycles. The number of carbonyl (C=O) groups is 1. The van der Waals surface area contributed by atoms with E-state index in [0.29, 0.717) is 11.7 Å². The van der Waals surface area contributed by atoms with Gasteiger partial charge in [0.2, 0.25) is 0 Å². The smallest absolute Gasteiger partial charge is 0.273 e. The first kappa shape index (κ1) is 13.5. The number of hydrogen-bond donors (Lipinski definition) is 1. The Morgan fingerprint density at radius 1 is 1.50 bits per heavy atom. The molecule has 0 unspecified atom stereocenters. The van der Waals surface area contributed by atoms with E-state index >= 15 is 0 Å². The first-order valence-corrected chi connectivity index (χ1v) is 7.20. The fourth-order valence-electron chi connectivity index (χ4n) is 2.43. The minimum absolute atomic E-state index is 0.113. The van der Waals surface area contributed by atoms with E-state index in [0.717, 1.165) is 45.5 Å². The number of rotatable bonds is 7. The molecule has 2 heterocycles. The van der Waals surface area contributed by atoms with Crippen molar-refractivity contribution in [2.75, 3.05) is 33.4 Å². The molecule has 1 N–H and O–H groups in total. The van der Waals surface area contributed by atoms with Gasteiger partial charge in [0, 0.05) is 33.4 Å². The van der Waals surface area contributed by atoms with Crippen molar-refractivity contribution in [2.45, 2.75) is 31.3 Å². The second-order valence-corrected chi connectivity index (χ2v) is 5.59. The molecule has 1 aromatic rings. The Kier molecular flexibility index (Phi) is 3.98. The lowest BCUT2D eigenvalue weighted by Crippen LogP contribution is -2.59. The molecule has 7 nitrogen and oxygen atoms in total. The SMILES string of the molecule is COCCCN1CC(NC(=O)c2cn(C3CC3)nn2)C1. The van der Waals surface area contributed by atoms with Crippen LogP contribution in [0.15, 0.2) is 6.20 Å². The van der Waals surface area contributed by atoms with Crippen molar-refractivity contribution in [3.63, 3.8) is 0 Å². The number of ether oxygens (including phenoxy) is 1. The van der Waals surface area contributed by atoms with E-state index < -0.39 is 0 Å². The van der Waals surface area contributed by atoms with Crippen molar-refractivity contribution < 1.29 is 9.53 Å². The quantitative estimate of drug-likeness (QED) is 0.715. The van der Waals surface area contributed by atoms with Crippen molar-refractivity contribution in [2.24, 2.45) is 0 Å². The number of likely N-dealkylation sites (tertiary alicyclic amines) is 1. The molecule has 20 heavy (non-hydrogen) atoms. The summed E-state index contributed by atoms with van der Waals surface area (Å²) in [5.41, 5.74) is 0.426. The van der Waals surface area contributed by atoms with E-state index in [-0.39, 0.29) is 11.9 Å². The summed E-state index contributed by atoms with van der Waals surface area (Å²) in [5.74, 6) is -0.113. The van der Waals surface area contributed by atoms with Crippen LogP contribution >= 0.6 is 0 Å². The average molecular weight is 279 g/mol. The van der Waals surface area contributed by atoms with Crippen LogP contribution in [0.1, 0.15) is 35.8 Å². The van der Waals surface area contributed by atoms with Crippen LogP contribution in [0, 0.1) is 0 Å². The zero-order valence-corrected chi connectivity index (χ0v) is 11.8. The Balaban J connectivity index is 1.39. The molecule has 110 valence electrons. The predicted molar refractivity (Wildman–Crippen MR) is 72.5 cm³/mol. The van der Waals surface area contributed by atoms with Gasteiger partial charge >= 0.3 is 0 Å². The molecule has 0 bridgehead atoms. The van der Waals surface area contributed by atoms with Crippen LogP contribution in [0.3, 0.4) is 0 Å². The normalized spacial score (nSPS) is 19.9. The van der Waals surface area contributed by atoms with Crippen LogP contribution < -0.4 is 5.32 Å². The summed E-state index contributed by atoms with van der Waals surface area (Å²) in [5, 5.41) is 10.9. The van der Waals surface area contributed by atoms with Crippen molar-refractivity contribution >= 4 is 5.91 Å². The minimum atomic E-state index is -0.113. The molecule has 0 spiro atoms. The highest BCUT2D eigenvalue weighted by molar-refractivity contribution is 5.92. The number of amides is 1. The van der Waals surface area contributed by atoms with Crippen LogP contribution in [0.25, 0.3) is 0 Å². The van der Waals surface area contributed by atoms with E-state index in [2.05, 4.69) is 20.5 Å². The molecule has 1 aromatic heterocycles. The van der Waals surface area contributed by atoms with Crippen LogP contribution in [0.5, 0.6) is 0 Å². The minimum Gasteiger partial charge on any atom is -0.385 e. The molecule has 0 radical (unpaired) electrons. The summed E-state index contributed by atoms with van der Waals surface area (Å²) in [6.07, 6.45) is 5.07. The first-order valence-electron chi connectivity index (χ1n) is 7.20. The van der Waals surface area contributed by atoms with Crippen molar-refractivity contribution in [1.29, 1.82) is 0 Å². The molecule has 3 rings (SSSR count). The molecule has 0 atom stereocenters. The Labute approximate surface area is 118 Å². The first-order chi connectivity index (χ1) is 9.76. The maximum atomic E-state index is 12.0. The zero-order valence-electron chi connectivity index (χ0n) is 11.8. The average Bonchev–Trinajstić information content (AvgIpc) is 3.13. The molecule has 0 aromatic carbocycles. The van der Waals surface area contributed by atoms with E-state index in [1.165, 1.54) is 0 Å². The molecular weight excluding hydrogens is 258 g/mol. The third kappa shape index (κ3) is 3.16. The summed E-state index contributed by atoms with van der Waals surface area (Å²) >= 11 is 0. The second kappa shape index (κ2) is 5.88. The summed E-state index contributed by atoms with van der Waals surface area (Å²) in [4.78, 5) is 14.3. The Bertz CT molecular complexity index is 465.